The summed E-state index contributed by atoms with van der Waals surface area (Å²) in [7, 11) is 0. The number of rotatable bonds is 2. The van der Waals surface area contributed by atoms with E-state index in [2.05, 4.69) is 48.6 Å². The van der Waals surface area contributed by atoms with Crippen molar-refractivity contribution in [2.24, 2.45) is 0 Å². The normalized spacial score (nSPS) is 26.8. The molecule has 0 bridgehead atoms. The molecule has 0 amide bonds. The molecular formula is C15H27N3. The van der Waals surface area contributed by atoms with Crippen LogP contribution in [0.15, 0.2) is 24.9 Å². The summed E-state index contributed by atoms with van der Waals surface area (Å²) >= 11 is 0. The monoisotopic (exact) mass is 249 g/mol. The summed E-state index contributed by atoms with van der Waals surface area (Å²) < 4.78 is 0. The minimum Gasteiger partial charge on any atom is -0.369 e. The van der Waals surface area contributed by atoms with E-state index in [1.54, 1.807) is 0 Å². The lowest BCUT2D eigenvalue weighted by Gasteiger charge is -2.51. The van der Waals surface area contributed by atoms with Crippen LogP contribution in [0, 0.1) is 0 Å². The van der Waals surface area contributed by atoms with Crippen LogP contribution < -0.4 is 0 Å². The molecule has 2 saturated heterocycles. The fourth-order valence-corrected chi connectivity index (χ4v) is 2.95. The summed E-state index contributed by atoms with van der Waals surface area (Å²) in [4.78, 5) is 7.61. The van der Waals surface area contributed by atoms with E-state index in [0.29, 0.717) is 6.04 Å². The molecule has 0 aromatic carbocycles. The van der Waals surface area contributed by atoms with Crippen molar-refractivity contribution in [3.05, 3.63) is 24.9 Å². The summed E-state index contributed by atoms with van der Waals surface area (Å²) in [6.07, 6.45) is 1.88. The standard InChI is InChI=1S/C15H27N3/c1-6-13(2)17-8-7-16-9-10-18(15(3,4)5)12-14(16)11-17/h6,14H,1-2,7-12H2,3-5H3. The molecule has 3 heteroatoms. The van der Waals surface area contributed by atoms with Crippen LogP contribution in [0.2, 0.25) is 0 Å². The van der Waals surface area contributed by atoms with Gasteiger partial charge < -0.3 is 4.90 Å². The maximum atomic E-state index is 4.08. The maximum Gasteiger partial charge on any atom is 0.0400 e. The number of fused-ring (bicyclic) bond motifs is 1. The number of hydrogen-bond donors (Lipinski definition) is 0. The van der Waals surface area contributed by atoms with E-state index in [-0.39, 0.29) is 5.54 Å². The van der Waals surface area contributed by atoms with Crippen molar-refractivity contribution in [3.8, 4) is 0 Å². The van der Waals surface area contributed by atoms with Crippen LogP contribution in [0.4, 0.5) is 0 Å². The second-order valence-corrected chi connectivity index (χ2v) is 6.45. The van der Waals surface area contributed by atoms with Crippen molar-refractivity contribution in [3.63, 3.8) is 0 Å². The van der Waals surface area contributed by atoms with Gasteiger partial charge in [0.1, 0.15) is 0 Å². The second-order valence-electron chi connectivity index (χ2n) is 6.45. The number of hydrogen-bond acceptors (Lipinski definition) is 3. The Morgan fingerprint density at radius 2 is 1.78 bits per heavy atom. The molecule has 18 heavy (non-hydrogen) atoms. The molecule has 2 heterocycles. The molecule has 2 fully saturated rings. The highest BCUT2D eigenvalue weighted by Gasteiger charge is 2.35. The Morgan fingerprint density at radius 1 is 1.11 bits per heavy atom. The summed E-state index contributed by atoms with van der Waals surface area (Å²) in [6, 6.07) is 0.642. The molecule has 0 aromatic heterocycles. The van der Waals surface area contributed by atoms with Gasteiger partial charge in [0.05, 0.1) is 0 Å². The van der Waals surface area contributed by atoms with Crippen molar-refractivity contribution in [1.82, 2.24) is 14.7 Å². The van der Waals surface area contributed by atoms with Crippen LogP contribution in [-0.4, -0.2) is 65.5 Å². The molecule has 2 aliphatic rings. The van der Waals surface area contributed by atoms with Gasteiger partial charge in [0, 0.05) is 56.5 Å². The zero-order valence-electron chi connectivity index (χ0n) is 12.2. The molecule has 0 saturated carbocycles. The zero-order chi connectivity index (χ0) is 13.3. The lowest BCUT2D eigenvalue weighted by Crippen LogP contribution is -2.64. The molecule has 0 radical (unpaired) electrons. The average molecular weight is 249 g/mol. The van der Waals surface area contributed by atoms with Crippen LogP contribution in [0.5, 0.6) is 0 Å². The number of piperazine rings is 2. The molecule has 0 spiro atoms. The molecule has 1 unspecified atom stereocenters. The van der Waals surface area contributed by atoms with Gasteiger partial charge in [-0.2, -0.15) is 0 Å². The third-order valence-corrected chi connectivity index (χ3v) is 4.28. The molecule has 0 aromatic rings. The van der Waals surface area contributed by atoms with Crippen molar-refractivity contribution in [2.75, 3.05) is 39.3 Å². The third-order valence-electron chi connectivity index (χ3n) is 4.28. The van der Waals surface area contributed by atoms with Crippen LogP contribution in [-0.2, 0) is 0 Å². The Bertz CT molecular complexity index is 329. The largest absolute Gasteiger partial charge is 0.369 e. The minimum atomic E-state index is 0.282. The first kappa shape index (κ1) is 13.6. The number of nitrogens with zero attached hydrogens (tertiary/aromatic N) is 3. The molecular weight excluding hydrogens is 222 g/mol. The van der Waals surface area contributed by atoms with Gasteiger partial charge in [-0.15, -0.1) is 0 Å². The SMILES string of the molecule is C=CC(=C)N1CCN2CCN(C(C)(C)C)CC2C1. The van der Waals surface area contributed by atoms with Gasteiger partial charge in [-0.3, -0.25) is 9.80 Å². The summed E-state index contributed by atoms with van der Waals surface area (Å²) in [5.74, 6) is 0. The van der Waals surface area contributed by atoms with Crippen LogP contribution in [0.25, 0.3) is 0 Å². The fourth-order valence-electron chi connectivity index (χ4n) is 2.95. The second kappa shape index (κ2) is 5.06. The van der Waals surface area contributed by atoms with Gasteiger partial charge in [-0.1, -0.05) is 13.2 Å². The third kappa shape index (κ3) is 2.78. The van der Waals surface area contributed by atoms with E-state index in [0.717, 1.165) is 25.3 Å². The van der Waals surface area contributed by atoms with E-state index in [9.17, 15) is 0 Å². The first-order valence-electron chi connectivity index (χ1n) is 6.97. The highest BCUT2D eigenvalue weighted by molar-refractivity contribution is 5.12. The molecule has 0 N–H and O–H groups in total. The molecule has 2 rings (SSSR count). The van der Waals surface area contributed by atoms with Gasteiger partial charge in [-0.05, 0) is 26.8 Å². The topological polar surface area (TPSA) is 9.72 Å². The van der Waals surface area contributed by atoms with Crippen molar-refractivity contribution < 1.29 is 0 Å². The average Bonchev–Trinajstić information content (AvgIpc) is 2.35. The Morgan fingerprint density at radius 3 is 2.39 bits per heavy atom. The van der Waals surface area contributed by atoms with E-state index >= 15 is 0 Å². The predicted octanol–water partition coefficient (Wildman–Crippen LogP) is 1.79. The van der Waals surface area contributed by atoms with Crippen molar-refractivity contribution in [1.29, 1.82) is 0 Å². The van der Waals surface area contributed by atoms with Crippen LogP contribution >= 0.6 is 0 Å². The molecule has 0 aliphatic carbocycles. The Kier molecular flexibility index (Phi) is 3.83. The Hall–Kier alpha value is -0.800. The van der Waals surface area contributed by atoms with Crippen LogP contribution in [0.3, 0.4) is 0 Å². The summed E-state index contributed by atoms with van der Waals surface area (Å²) in [5, 5.41) is 0. The quantitative estimate of drug-likeness (QED) is 0.691. The highest BCUT2D eigenvalue weighted by atomic mass is 15.4. The van der Waals surface area contributed by atoms with Gasteiger partial charge in [-0.25, -0.2) is 0 Å². The lowest BCUT2D eigenvalue weighted by atomic mass is 10.0. The zero-order valence-corrected chi connectivity index (χ0v) is 12.2. The van der Waals surface area contributed by atoms with E-state index in [4.69, 9.17) is 0 Å². The lowest BCUT2D eigenvalue weighted by molar-refractivity contribution is -0.0105. The summed E-state index contributed by atoms with van der Waals surface area (Å²) in [6.45, 7) is 21.8. The Balaban J connectivity index is 2.00. The Labute approximate surface area is 112 Å². The molecule has 1 atom stereocenters. The van der Waals surface area contributed by atoms with Gasteiger partial charge >= 0.3 is 0 Å². The van der Waals surface area contributed by atoms with Gasteiger partial charge in [0.25, 0.3) is 0 Å². The van der Waals surface area contributed by atoms with E-state index < -0.39 is 0 Å². The minimum absolute atomic E-state index is 0.282. The smallest absolute Gasteiger partial charge is 0.0400 e. The fraction of sp³-hybridized carbons (Fsp3) is 0.733. The van der Waals surface area contributed by atoms with E-state index in [1.807, 2.05) is 6.08 Å². The number of allylic oxidation sites excluding steroid dienone is 1. The predicted molar refractivity (Wildman–Crippen MR) is 77.6 cm³/mol. The maximum absolute atomic E-state index is 4.08. The molecule has 3 nitrogen and oxygen atoms in total. The van der Waals surface area contributed by atoms with Gasteiger partial charge in [0.15, 0.2) is 0 Å². The first-order chi connectivity index (χ1) is 8.41. The van der Waals surface area contributed by atoms with Crippen molar-refractivity contribution in [2.45, 2.75) is 32.4 Å². The molecule has 102 valence electrons. The molecule has 2 aliphatic heterocycles. The first-order valence-corrected chi connectivity index (χ1v) is 6.97. The highest BCUT2D eigenvalue weighted by Crippen LogP contribution is 2.23. The van der Waals surface area contributed by atoms with Crippen molar-refractivity contribution >= 4 is 0 Å². The van der Waals surface area contributed by atoms with Gasteiger partial charge in [0.2, 0.25) is 0 Å². The summed E-state index contributed by atoms with van der Waals surface area (Å²) in [5.41, 5.74) is 1.35. The van der Waals surface area contributed by atoms with E-state index in [1.165, 1.54) is 19.6 Å². The van der Waals surface area contributed by atoms with Crippen LogP contribution in [0.1, 0.15) is 20.8 Å².